The van der Waals surface area contributed by atoms with Crippen LogP contribution in [-0.2, 0) is 4.74 Å². The number of rotatable bonds is 8. The summed E-state index contributed by atoms with van der Waals surface area (Å²) in [5.41, 5.74) is 0. The molecular weight excluding hydrogens is 288 g/mol. The molecule has 7 heteroatoms. The van der Waals surface area contributed by atoms with Gasteiger partial charge < -0.3 is 20.1 Å². The second kappa shape index (κ2) is 7.53. The van der Waals surface area contributed by atoms with E-state index in [2.05, 4.69) is 28.3 Å². The number of hydrogen-bond donors (Lipinski definition) is 2. The normalized spacial score (nSPS) is 11.0. The topological polar surface area (TPSA) is 70.5 Å². The molecular formula is C14H22N4O2S. The van der Waals surface area contributed by atoms with Crippen LogP contribution in [-0.4, -0.2) is 55.0 Å². The van der Waals surface area contributed by atoms with Gasteiger partial charge in [0.25, 0.3) is 0 Å². The second-order valence-electron chi connectivity index (χ2n) is 4.68. The van der Waals surface area contributed by atoms with Crippen molar-refractivity contribution in [2.24, 2.45) is 0 Å². The molecule has 0 aliphatic carbocycles. The maximum atomic E-state index is 9.31. The quantitative estimate of drug-likeness (QED) is 0.776. The molecule has 0 aliphatic rings. The fraction of sp³-hybridized carbons (Fsp3) is 0.571. The average molecular weight is 310 g/mol. The van der Waals surface area contributed by atoms with Gasteiger partial charge in [-0.05, 0) is 19.9 Å². The monoisotopic (exact) mass is 310 g/mol. The molecule has 0 unspecified atom stereocenters. The van der Waals surface area contributed by atoms with Gasteiger partial charge in [0.2, 0.25) is 5.95 Å². The molecule has 2 aromatic rings. The number of methoxy groups -OCH3 is 1. The summed E-state index contributed by atoms with van der Waals surface area (Å²) in [4.78, 5) is 13.4. The first-order chi connectivity index (χ1) is 10.2. The number of hydrogen-bond acceptors (Lipinski definition) is 7. The molecule has 2 rings (SSSR count). The molecule has 0 aliphatic heterocycles. The van der Waals surface area contributed by atoms with E-state index in [1.54, 1.807) is 18.4 Å². The summed E-state index contributed by atoms with van der Waals surface area (Å²) in [6, 6.07) is 2.10. The number of thiophene rings is 1. The van der Waals surface area contributed by atoms with Crippen molar-refractivity contribution in [3.63, 3.8) is 0 Å². The molecule has 0 radical (unpaired) electrons. The fourth-order valence-corrected chi connectivity index (χ4v) is 3.02. The molecule has 0 spiro atoms. The number of ether oxygens (including phenoxy) is 1. The van der Waals surface area contributed by atoms with Crippen LogP contribution in [0.25, 0.3) is 10.2 Å². The van der Waals surface area contributed by atoms with E-state index >= 15 is 0 Å². The standard InChI is InChI=1S/C14H22N4O2S/c1-4-15-14-16-12(18(5-7-19)6-8-20-3)11-9-10(2)21-13(11)17-14/h9,19H,4-8H2,1-3H3,(H,15,16,17). The number of aromatic nitrogens is 2. The zero-order valence-electron chi connectivity index (χ0n) is 12.7. The molecule has 0 aromatic carbocycles. The highest BCUT2D eigenvalue weighted by Crippen LogP contribution is 2.31. The molecule has 0 saturated heterocycles. The van der Waals surface area contributed by atoms with Gasteiger partial charge in [-0.25, -0.2) is 4.98 Å². The van der Waals surface area contributed by atoms with Gasteiger partial charge in [-0.1, -0.05) is 0 Å². The summed E-state index contributed by atoms with van der Waals surface area (Å²) in [6.07, 6.45) is 0. The molecule has 0 amide bonds. The van der Waals surface area contributed by atoms with Crippen LogP contribution >= 0.6 is 11.3 Å². The van der Waals surface area contributed by atoms with Crippen LogP contribution in [0.15, 0.2) is 6.07 Å². The Labute approximate surface area is 128 Å². The molecule has 2 heterocycles. The molecule has 2 aromatic heterocycles. The number of fused-ring (bicyclic) bond motifs is 1. The minimum absolute atomic E-state index is 0.0782. The van der Waals surface area contributed by atoms with Crippen molar-refractivity contribution < 1.29 is 9.84 Å². The van der Waals surface area contributed by atoms with E-state index in [9.17, 15) is 5.11 Å². The first kappa shape index (κ1) is 15.9. The van der Waals surface area contributed by atoms with Crippen LogP contribution < -0.4 is 10.2 Å². The van der Waals surface area contributed by atoms with Crippen molar-refractivity contribution in [2.75, 3.05) is 50.2 Å². The number of anilines is 2. The first-order valence-electron chi connectivity index (χ1n) is 7.06. The van der Waals surface area contributed by atoms with Crippen molar-refractivity contribution in [1.82, 2.24) is 9.97 Å². The third-order valence-corrected chi connectivity index (χ3v) is 4.01. The van der Waals surface area contributed by atoms with Crippen molar-refractivity contribution in [2.45, 2.75) is 13.8 Å². The summed E-state index contributed by atoms with van der Waals surface area (Å²) >= 11 is 1.65. The number of nitrogens with zero attached hydrogens (tertiary/aromatic N) is 3. The van der Waals surface area contributed by atoms with Gasteiger partial charge in [0.05, 0.1) is 18.6 Å². The zero-order chi connectivity index (χ0) is 15.2. The third kappa shape index (κ3) is 3.81. The number of nitrogens with one attached hydrogen (secondary N) is 1. The highest BCUT2D eigenvalue weighted by atomic mass is 32.1. The largest absolute Gasteiger partial charge is 0.395 e. The Kier molecular flexibility index (Phi) is 5.72. The number of aliphatic hydroxyl groups is 1. The highest BCUT2D eigenvalue weighted by Gasteiger charge is 2.16. The summed E-state index contributed by atoms with van der Waals surface area (Å²) in [6.45, 7) is 6.73. The maximum Gasteiger partial charge on any atom is 0.226 e. The summed E-state index contributed by atoms with van der Waals surface area (Å²) in [5, 5.41) is 13.5. The molecule has 0 bridgehead atoms. The minimum Gasteiger partial charge on any atom is -0.395 e. The van der Waals surface area contributed by atoms with Gasteiger partial charge >= 0.3 is 0 Å². The zero-order valence-corrected chi connectivity index (χ0v) is 13.5. The smallest absolute Gasteiger partial charge is 0.226 e. The van der Waals surface area contributed by atoms with Crippen molar-refractivity contribution in [3.05, 3.63) is 10.9 Å². The van der Waals surface area contributed by atoms with Crippen LogP contribution in [0.5, 0.6) is 0 Å². The first-order valence-corrected chi connectivity index (χ1v) is 7.88. The van der Waals surface area contributed by atoms with Gasteiger partial charge in [-0.15, -0.1) is 11.3 Å². The minimum atomic E-state index is 0.0782. The molecule has 21 heavy (non-hydrogen) atoms. The molecule has 116 valence electrons. The Morgan fingerprint density at radius 2 is 2.19 bits per heavy atom. The Hall–Kier alpha value is -1.44. The Morgan fingerprint density at radius 3 is 2.86 bits per heavy atom. The van der Waals surface area contributed by atoms with E-state index in [0.717, 1.165) is 22.6 Å². The van der Waals surface area contributed by atoms with Gasteiger partial charge in [-0.2, -0.15) is 4.98 Å². The van der Waals surface area contributed by atoms with Gasteiger partial charge in [0.15, 0.2) is 0 Å². The fourth-order valence-electron chi connectivity index (χ4n) is 2.15. The summed E-state index contributed by atoms with van der Waals surface area (Å²) in [5.74, 6) is 1.48. The van der Waals surface area contributed by atoms with Crippen molar-refractivity contribution in [1.29, 1.82) is 0 Å². The van der Waals surface area contributed by atoms with E-state index in [0.29, 0.717) is 25.6 Å². The highest BCUT2D eigenvalue weighted by molar-refractivity contribution is 7.18. The third-order valence-electron chi connectivity index (χ3n) is 3.07. The van der Waals surface area contributed by atoms with E-state index in [4.69, 9.17) is 4.74 Å². The van der Waals surface area contributed by atoms with Crippen LogP contribution in [0.3, 0.4) is 0 Å². The van der Waals surface area contributed by atoms with Gasteiger partial charge in [0, 0.05) is 31.6 Å². The van der Waals surface area contributed by atoms with Gasteiger partial charge in [-0.3, -0.25) is 0 Å². The average Bonchev–Trinajstić information content (AvgIpc) is 2.83. The number of aryl methyl sites for hydroxylation is 1. The predicted octanol–water partition coefficient (Wildman–Crippen LogP) is 1.88. The van der Waals surface area contributed by atoms with Gasteiger partial charge in [0.1, 0.15) is 10.6 Å². The predicted molar refractivity (Wildman–Crippen MR) is 87.5 cm³/mol. The SMILES string of the molecule is CCNc1nc(N(CCO)CCOC)c2cc(C)sc2n1. The second-order valence-corrected chi connectivity index (χ2v) is 5.92. The molecule has 0 atom stereocenters. The number of aliphatic hydroxyl groups excluding tert-OH is 1. The van der Waals surface area contributed by atoms with Crippen molar-refractivity contribution in [3.8, 4) is 0 Å². The molecule has 6 nitrogen and oxygen atoms in total. The van der Waals surface area contributed by atoms with Crippen LogP contribution in [0.1, 0.15) is 11.8 Å². The maximum absolute atomic E-state index is 9.31. The lowest BCUT2D eigenvalue weighted by Gasteiger charge is -2.23. The lowest BCUT2D eigenvalue weighted by molar-refractivity contribution is 0.202. The Morgan fingerprint density at radius 1 is 1.38 bits per heavy atom. The van der Waals surface area contributed by atoms with Crippen molar-refractivity contribution >= 4 is 33.3 Å². The van der Waals surface area contributed by atoms with E-state index in [-0.39, 0.29) is 6.61 Å². The van der Waals surface area contributed by atoms with Crippen LogP contribution in [0.2, 0.25) is 0 Å². The van der Waals surface area contributed by atoms with Crippen LogP contribution in [0.4, 0.5) is 11.8 Å². The Balaban J connectivity index is 2.46. The Bertz CT molecular complexity index is 588. The molecule has 2 N–H and O–H groups in total. The molecule has 0 fully saturated rings. The lowest BCUT2D eigenvalue weighted by Crippen LogP contribution is -2.31. The molecule has 0 saturated carbocycles. The van der Waals surface area contributed by atoms with E-state index < -0.39 is 0 Å². The lowest BCUT2D eigenvalue weighted by atomic mass is 10.3. The summed E-state index contributed by atoms with van der Waals surface area (Å²) in [7, 11) is 1.67. The van der Waals surface area contributed by atoms with E-state index in [1.807, 2.05) is 11.8 Å². The van der Waals surface area contributed by atoms with Crippen LogP contribution in [0, 0.1) is 6.92 Å². The van der Waals surface area contributed by atoms with E-state index in [1.165, 1.54) is 4.88 Å². The summed E-state index contributed by atoms with van der Waals surface area (Å²) < 4.78 is 5.16.